The molecule has 0 saturated heterocycles. The zero-order valence-electron chi connectivity index (χ0n) is 12.2. The maximum absolute atomic E-state index is 11.3. The predicted octanol–water partition coefficient (Wildman–Crippen LogP) is 3.40. The molecule has 0 spiro atoms. The molecule has 0 aromatic heterocycles. The maximum atomic E-state index is 11.3. The van der Waals surface area contributed by atoms with Crippen LogP contribution >= 0.6 is 11.8 Å². The molecule has 6 heteroatoms. The lowest BCUT2D eigenvalue weighted by atomic mass is 10.1. The first kappa shape index (κ1) is 16.0. The highest BCUT2D eigenvalue weighted by atomic mass is 32.2. The van der Waals surface area contributed by atoms with Crippen LogP contribution in [0.2, 0.25) is 0 Å². The van der Waals surface area contributed by atoms with Crippen LogP contribution in [0.15, 0.2) is 41.3 Å². The quantitative estimate of drug-likeness (QED) is 0.795. The summed E-state index contributed by atoms with van der Waals surface area (Å²) in [6.45, 7) is 0. The molecule has 0 aliphatic heterocycles. The van der Waals surface area contributed by atoms with Crippen molar-refractivity contribution in [3.63, 3.8) is 0 Å². The van der Waals surface area contributed by atoms with Gasteiger partial charge in [-0.3, -0.25) is 0 Å². The number of carbonyl (C=O) groups is 1. The van der Waals surface area contributed by atoms with E-state index in [0.717, 1.165) is 10.6 Å². The van der Waals surface area contributed by atoms with Crippen LogP contribution in [0.25, 0.3) is 0 Å². The van der Waals surface area contributed by atoms with Gasteiger partial charge in [-0.25, -0.2) is 4.79 Å². The number of aromatic carboxylic acids is 1. The van der Waals surface area contributed by atoms with E-state index in [0.29, 0.717) is 17.1 Å². The Morgan fingerprint density at radius 1 is 1.09 bits per heavy atom. The van der Waals surface area contributed by atoms with Crippen molar-refractivity contribution in [3.05, 3.63) is 47.5 Å². The highest BCUT2D eigenvalue weighted by molar-refractivity contribution is 7.98. The van der Waals surface area contributed by atoms with E-state index in [1.807, 2.05) is 24.3 Å². The number of carboxylic acid groups (broad SMARTS) is 1. The summed E-state index contributed by atoms with van der Waals surface area (Å²) in [5, 5.41) is 19.1. The number of benzene rings is 2. The van der Waals surface area contributed by atoms with Crippen molar-refractivity contribution < 1.29 is 24.5 Å². The second kappa shape index (κ2) is 7.09. The van der Waals surface area contributed by atoms with Gasteiger partial charge in [0.05, 0.1) is 14.2 Å². The average Bonchev–Trinajstić information content (AvgIpc) is 2.52. The average molecular weight is 320 g/mol. The molecular formula is C16H16O5S. The van der Waals surface area contributed by atoms with Crippen LogP contribution in [0.1, 0.15) is 15.9 Å². The van der Waals surface area contributed by atoms with Crippen molar-refractivity contribution in [2.24, 2.45) is 0 Å². The first-order chi connectivity index (χ1) is 10.5. The Balaban J connectivity index is 2.23. The van der Waals surface area contributed by atoms with E-state index in [9.17, 15) is 15.0 Å². The number of ether oxygens (including phenoxy) is 2. The predicted molar refractivity (Wildman–Crippen MR) is 84.2 cm³/mol. The Kier molecular flexibility index (Phi) is 5.16. The van der Waals surface area contributed by atoms with Gasteiger partial charge in [0.25, 0.3) is 0 Å². The molecule has 0 fully saturated rings. The summed E-state index contributed by atoms with van der Waals surface area (Å²) >= 11 is 1.47. The van der Waals surface area contributed by atoms with Gasteiger partial charge in [-0.15, -0.1) is 11.8 Å². The summed E-state index contributed by atoms with van der Waals surface area (Å²) in [5.41, 5.74) is 0.409. The Bertz CT molecular complexity index is 667. The Morgan fingerprint density at radius 3 is 2.27 bits per heavy atom. The van der Waals surface area contributed by atoms with E-state index in [1.165, 1.54) is 24.9 Å². The highest BCUT2D eigenvalue weighted by Gasteiger charge is 2.17. The van der Waals surface area contributed by atoms with E-state index in [4.69, 9.17) is 9.47 Å². The van der Waals surface area contributed by atoms with Gasteiger partial charge in [-0.05, 0) is 35.9 Å². The topological polar surface area (TPSA) is 76.0 Å². The van der Waals surface area contributed by atoms with E-state index >= 15 is 0 Å². The molecule has 2 rings (SSSR count). The zero-order valence-corrected chi connectivity index (χ0v) is 13.0. The Hall–Kier alpha value is -2.34. The number of hydrogen-bond acceptors (Lipinski definition) is 5. The van der Waals surface area contributed by atoms with Gasteiger partial charge in [-0.1, -0.05) is 0 Å². The largest absolute Gasteiger partial charge is 0.507 e. The molecule has 0 amide bonds. The second-order valence-corrected chi connectivity index (χ2v) is 5.50. The minimum Gasteiger partial charge on any atom is -0.507 e. The third kappa shape index (κ3) is 3.65. The SMILES string of the molecule is COc1ccc(SCc2cc(OC)cc(O)c2C(=O)O)cc1. The fourth-order valence-electron chi connectivity index (χ4n) is 1.97. The summed E-state index contributed by atoms with van der Waals surface area (Å²) in [6, 6.07) is 10.4. The molecule has 0 aliphatic rings. The highest BCUT2D eigenvalue weighted by Crippen LogP contribution is 2.32. The standard InChI is InChI=1S/C16H16O5S/c1-20-11-3-5-13(6-4-11)22-9-10-7-12(21-2)8-14(17)15(10)16(18)19/h3-8,17H,9H2,1-2H3,(H,18,19). The van der Waals surface area contributed by atoms with Gasteiger partial charge in [0.1, 0.15) is 22.8 Å². The summed E-state index contributed by atoms with van der Waals surface area (Å²) in [6.07, 6.45) is 0. The fourth-order valence-corrected chi connectivity index (χ4v) is 2.85. The normalized spacial score (nSPS) is 10.3. The van der Waals surface area contributed by atoms with Crippen LogP contribution in [0.5, 0.6) is 17.2 Å². The van der Waals surface area contributed by atoms with Gasteiger partial charge < -0.3 is 19.7 Å². The van der Waals surface area contributed by atoms with Crippen LogP contribution in [0, 0.1) is 0 Å². The number of carboxylic acids is 1. The molecule has 5 nitrogen and oxygen atoms in total. The molecule has 2 aromatic rings. The molecule has 0 heterocycles. The monoisotopic (exact) mass is 320 g/mol. The van der Waals surface area contributed by atoms with Crippen molar-refractivity contribution in [1.29, 1.82) is 0 Å². The molecular weight excluding hydrogens is 304 g/mol. The molecule has 2 aromatic carbocycles. The molecule has 2 N–H and O–H groups in total. The summed E-state index contributed by atoms with van der Waals surface area (Å²) < 4.78 is 10.2. The van der Waals surface area contributed by atoms with Gasteiger partial charge >= 0.3 is 5.97 Å². The smallest absolute Gasteiger partial charge is 0.339 e. The minimum absolute atomic E-state index is 0.0955. The molecule has 0 atom stereocenters. The lowest BCUT2D eigenvalue weighted by molar-refractivity contribution is 0.0693. The number of aromatic hydroxyl groups is 1. The van der Waals surface area contributed by atoms with Gasteiger partial charge in [0.2, 0.25) is 0 Å². The number of hydrogen-bond donors (Lipinski definition) is 2. The molecule has 0 aliphatic carbocycles. The van der Waals surface area contributed by atoms with Crippen molar-refractivity contribution in [1.82, 2.24) is 0 Å². The van der Waals surface area contributed by atoms with Crippen LogP contribution in [0.4, 0.5) is 0 Å². The minimum atomic E-state index is -1.16. The van der Waals surface area contributed by atoms with Crippen LogP contribution < -0.4 is 9.47 Å². The Labute approximate surface area is 132 Å². The van der Waals surface area contributed by atoms with E-state index in [-0.39, 0.29) is 11.3 Å². The molecule has 0 unspecified atom stereocenters. The van der Waals surface area contributed by atoms with Crippen molar-refractivity contribution >= 4 is 17.7 Å². The number of methoxy groups -OCH3 is 2. The summed E-state index contributed by atoms with van der Waals surface area (Å²) in [4.78, 5) is 12.3. The fraction of sp³-hybridized carbons (Fsp3) is 0.188. The number of rotatable bonds is 6. The third-order valence-electron chi connectivity index (χ3n) is 3.08. The zero-order chi connectivity index (χ0) is 16.1. The van der Waals surface area contributed by atoms with Crippen LogP contribution in [-0.2, 0) is 5.75 Å². The van der Waals surface area contributed by atoms with Crippen molar-refractivity contribution in [2.75, 3.05) is 14.2 Å². The summed E-state index contributed by atoms with van der Waals surface area (Å²) in [5.74, 6) is 0.128. The lowest BCUT2D eigenvalue weighted by Crippen LogP contribution is -2.03. The summed E-state index contributed by atoms with van der Waals surface area (Å²) in [7, 11) is 3.07. The third-order valence-corrected chi connectivity index (χ3v) is 4.14. The van der Waals surface area contributed by atoms with Crippen LogP contribution in [0.3, 0.4) is 0 Å². The Morgan fingerprint density at radius 2 is 1.73 bits per heavy atom. The molecule has 0 saturated carbocycles. The molecule has 0 bridgehead atoms. The van der Waals surface area contributed by atoms with E-state index < -0.39 is 5.97 Å². The molecule has 0 radical (unpaired) electrons. The van der Waals surface area contributed by atoms with E-state index in [1.54, 1.807) is 13.2 Å². The van der Waals surface area contributed by atoms with Crippen molar-refractivity contribution in [3.8, 4) is 17.2 Å². The van der Waals surface area contributed by atoms with Crippen molar-refractivity contribution in [2.45, 2.75) is 10.6 Å². The molecule has 116 valence electrons. The van der Waals surface area contributed by atoms with Gasteiger partial charge in [-0.2, -0.15) is 0 Å². The number of thioether (sulfide) groups is 1. The van der Waals surface area contributed by atoms with Gasteiger partial charge in [0, 0.05) is 16.7 Å². The van der Waals surface area contributed by atoms with E-state index in [2.05, 4.69) is 0 Å². The second-order valence-electron chi connectivity index (χ2n) is 4.45. The first-order valence-corrected chi connectivity index (χ1v) is 7.43. The van der Waals surface area contributed by atoms with Crippen LogP contribution in [-0.4, -0.2) is 30.4 Å². The first-order valence-electron chi connectivity index (χ1n) is 6.45. The maximum Gasteiger partial charge on any atom is 0.339 e. The number of phenols is 1. The molecule has 22 heavy (non-hydrogen) atoms. The lowest BCUT2D eigenvalue weighted by Gasteiger charge is -2.11. The van der Waals surface area contributed by atoms with Gasteiger partial charge in [0.15, 0.2) is 0 Å².